The highest BCUT2D eigenvalue weighted by Crippen LogP contribution is 2.19. The van der Waals surface area contributed by atoms with Crippen molar-refractivity contribution in [3.05, 3.63) is 69.6 Å². The Morgan fingerprint density at radius 3 is 2.42 bits per heavy atom. The van der Waals surface area contributed by atoms with E-state index in [4.69, 9.17) is 0 Å². The molecule has 2 nitrogen and oxygen atoms in total. The van der Waals surface area contributed by atoms with Gasteiger partial charge in [-0.05, 0) is 29.5 Å². The molecule has 100 valence electrons. The molecule has 0 atom stereocenters. The Bertz CT molecular complexity index is 611. The zero-order valence-electron chi connectivity index (χ0n) is 11.9. The number of rotatable bonds is 4. The van der Waals surface area contributed by atoms with Crippen LogP contribution in [0.1, 0.15) is 43.4 Å². The number of hydrogen-bond donors (Lipinski definition) is 0. The second kappa shape index (κ2) is 5.87. The van der Waals surface area contributed by atoms with E-state index in [-0.39, 0.29) is 5.56 Å². The van der Waals surface area contributed by atoms with E-state index in [0.717, 1.165) is 12.0 Å². The van der Waals surface area contributed by atoms with Gasteiger partial charge < -0.3 is 4.57 Å². The van der Waals surface area contributed by atoms with Crippen molar-refractivity contribution in [1.29, 1.82) is 0 Å². The molecule has 1 heterocycles. The molecule has 0 aliphatic carbocycles. The topological polar surface area (TPSA) is 22.0 Å². The zero-order valence-corrected chi connectivity index (χ0v) is 11.9. The number of aromatic nitrogens is 1. The second-order valence-corrected chi connectivity index (χ2v) is 5.17. The molecule has 0 spiro atoms. The minimum atomic E-state index is 0.128. The van der Waals surface area contributed by atoms with Crippen molar-refractivity contribution in [3.8, 4) is 0 Å². The molecular formula is C17H21NO. The van der Waals surface area contributed by atoms with Gasteiger partial charge in [-0.1, -0.05) is 51.1 Å². The average molecular weight is 255 g/mol. The largest absolute Gasteiger partial charge is 0.311 e. The first kappa shape index (κ1) is 13.6. The summed E-state index contributed by atoms with van der Waals surface area (Å²) in [5.74, 6) is 0.473. The maximum Gasteiger partial charge on any atom is 0.254 e. The van der Waals surface area contributed by atoms with Crippen LogP contribution in [0.25, 0.3) is 0 Å². The highest BCUT2D eigenvalue weighted by atomic mass is 16.1. The fourth-order valence-electron chi connectivity index (χ4n) is 2.41. The molecule has 2 heteroatoms. The minimum absolute atomic E-state index is 0.128. The Morgan fingerprint density at radius 1 is 1.05 bits per heavy atom. The van der Waals surface area contributed by atoms with Crippen LogP contribution in [0, 0.1) is 0 Å². The first-order chi connectivity index (χ1) is 9.13. The fraction of sp³-hybridized carbons (Fsp3) is 0.353. The standard InChI is InChI=1S/C17H21NO/c1-4-14-9-7-11-18(17(14)19)12-15-8-5-6-10-16(15)13(2)3/h5-11,13H,4,12H2,1-3H3. The van der Waals surface area contributed by atoms with Gasteiger partial charge in [-0.3, -0.25) is 4.79 Å². The van der Waals surface area contributed by atoms with Crippen LogP contribution < -0.4 is 5.56 Å². The van der Waals surface area contributed by atoms with Gasteiger partial charge in [0.15, 0.2) is 0 Å². The van der Waals surface area contributed by atoms with Crippen LogP contribution in [0.2, 0.25) is 0 Å². The monoisotopic (exact) mass is 255 g/mol. The third-order valence-electron chi connectivity index (χ3n) is 3.50. The summed E-state index contributed by atoms with van der Waals surface area (Å²) in [4.78, 5) is 12.2. The summed E-state index contributed by atoms with van der Waals surface area (Å²) in [6.07, 6.45) is 2.66. The van der Waals surface area contributed by atoms with E-state index in [9.17, 15) is 4.79 Å². The molecule has 1 aromatic heterocycles. The third-order valence-corrected chi connectivity index (χ3v) is 3.50. The molecule has 0 unspecified atom stereocenters. The maximum absolute atomic E-state index is 12.2. The summed E-state index contributed by atoms with van der Waals surface area (Å²) in [7, 11) is 0. The molecule has 0 radical (unpaired) electrons. The molecule has 0 aliphatic heterocycles. The molecule has 2 aromatic rings. The number of hydrogen-bond acceptors (Lipinski definition) is 1. The van der Waals surface area contributed by atoms with Gasteiger partial charge in [0.05, 0.1) is 6.54 Å². The van der Waals surface area contributed by atoms with Crippen LogP contribution in [0.4, 0.5) is 0 Å². The van der Waals surface area contributed by atoms with Crippen LogP contribution >= 0.6 is 0 Å². The van der Waals surface area contributed by atoms with Crippen molar-refractivity contribution < 1.29 is 0 Å². The van der Waals surface area contributed by atoms with Gasteiger partial charge in [-0.2, -0.15) is 0 Å². The predicted molar refractivity (Wildman–Crippen MR) is 79.7 cm³/mol. The molecular weight excluding hydrogens is 234 g/mol. The molecule has 0 fully saturated rings. The molecule has 0 bridgehead atoms. The lowest BCUT2D eigenvalue weighted by atomic mass is 9.97. The molecule has 0 amide bonds. The molecule has 0 aliphatic rings. The van der Waals surface area contributed by atoms with Crippen LogP contribution in [-0.2, 0) is 13.0 Å². The zero-order chi connectivity index (χ0) is 13.8. The smallest absolute Gasteiger partial charge is 0.254 e. The lowest BCUT2D eigenvalue weighted by molar-refractivity contribution is 0.726. The summed E-state index contributed by atoms with van der Waals surface area (Å²) >= 11 is 0. The van der Waals surface area contributed by atoms with Crippen LogP contribution in [0.15, 0.2) is 47.4 Å². The Balaban J connectivity index is 2.40. The quantitative estimate of drug-likeness (QED) is 0.818. The summed E-state index contributed by atoms with van der Waals surface area (Å²) in [5, 5.41) is 0. The average Bonchev–Trinajstić information content (AvgIpc) is 2.41. The maximum atomic E-state index is 12.2. The number of aryl methyl sites for hydroxylation is 1. The van der Waals surface area contributed by atoms with Crippen molar-refractivity contribution >= 4 is 0 Å². The Labute approximate surface area is 114 Å². The highest BCUT2D eigenvalue weighted by Gasteiger charge is 2.08. The lowest BCUT2D eigenvalue weighted by Gasteiger charge is -2.14. The SMILES string of the molecule is CCc1cccn(Cc2ccccc2C(C)C)c1=O. The fourth-order valence-corrected chi connectivity index (χ4v) is 2.41. The molecule has 19 heavy (non-hydrogen) atoms. The summed E-state index contributed by atoms with van der Waals surface area (Å²) in [5.41, 5.74) is 3.55. The minimum Gasteiger partial charge on any atom is -0.311 e. The normalized spacial score (nSPS) is 10.9. The number of pyridine rings is 1. The Hall–Kier alpha value is -1.83. The van der Waals surface area contributed by atoms with Crippen LogP contribution in [0.5, 0.6) is 0 Å². The van der Waals surface area contributed by atoms with Gasteiger partial charge in [0, 0.05) is 11.8 Å². The van der Waals surface area contributed by atoms with Crippen molar-refractivity contribution in [3.63, 3.8) is 0 Å². The van der Waals surface area contributed by atoms with Crippen molar-refractivity contribution in [1.82, 2.24) is 4.57 Å². The molecule has 0 saturated heterocycles. The highest BCUT2D eigenvalue weighted by molar-refractivity contribution is 5.30. The summed E-state index contributed by atoms with van der Waals surface area (Å²) in [6, 6.07) is 12.2. The van der Waals surface area contributed by atoms with Crippen molar-refractivity contribution in [2.24, 2.45) is 0 Å². The Morgan fingerprint density at radius 2 is 1.74 bits per heavy atom. The molecule has 2 rings (SSSR count). The Kier molecular flexibility index (Phi) is 4.20. The molecule has 0 N–H and O–H groups in total. The van der Waals surface area contributed by atoms with Gasteiger partial charge in [0.25, 0.3) is 5.56 Å². The number of nitrogens with zero attached hydrogens (tertiary/aromatic N) is 1. The van der Waals surface area contributed by atoms with E-state index < -0.39 is 0 Å². The lowest BCUT2D eigenvalue weighted by Crippen LogP contribution is -2.23. The molecule has 1 aromatic carbocycles. The summed E-state index contributed by atoms with van der Waals surface area (Å²) in [6.45, 7) is 7.04. The number of benzene rings is 1. The van der Waals surface area contributed by atoms with Crippen LogP contribution in [-0.4, -0.2) is 4.57 Å². The van der Waals surface area contributed by atoms with Crippen molar-refractivity contribution in [2.45, 2.75) is 39.7 Å². The van der Waals surface area contributed by atoms with Gasteiger partial charge in [0.2, 0.25) is 0 Å². The van der Waals surface area contributed by atoms with E-state index in [2.05, 4.69) is 32.0 Å². The third kappa shape index (κ3) is 2.95. The summed E-state index contributed by atoms with van der Waals surface area (Å²) < 4.78 is 1.81. The first-order valence-corrected chi connectivity index (χ1v) is 6.89. The van der Waals surface area contributed by atoms with Gasteiger partial charge in [0.1, 0.15) is 0 Å². The second-order valence-electron chi connectivity index (χ2n) is 5.17. The molecule has 0 saturated carbocycles. The van der Waals surface area contributed by atoms with Crippen molar-refractivity contribution in [2.75, 3.05) is 0 Å². The van der Waals surface area contributed by atoms with Gasteiger partial charge in [-0.15, -0.1) is 0 Å². The van der Waals surface area contributed by atoms with Crippen LogP contribution in [0.3, 0.4) is 0 Å². The van der Waals surface area contributed by atoms with E-state index in [0.29, 0.717) is 12.5 Å². The van der Waals surface area contributed by atoms with E-state index in [1.54, 1.807) is 4.57 Å². The van der Waals surface area contributed by atoms with Gasteiger partial charge in [-0.25, -0.2) is 0 Å². The first-order valence-electron chi connectivity index (χ1n) is 6.89. The van der Waals surface area contributed by atoms with E-state index >= 15 is 0 Å². The van der Waals surface area contributed by atoms with Gasteiger partial charge >= 0.3 is 0 Å². The van der Waals surface area contributed by atoms with E-state index in [1.165, 1.54) is 11.1 Å². The van der Waals surface area contributed by atoms with E-state index in [1.807, 2.05) is 31.3 Å². The predicted octanol–water partition coefficient (Wildman–Crippen LogP) is 3.58.